The van der Waals surface area contributed by atoms with E-state index < -0.39 is 14.4 Å². The van der Waals surface area contributed by atoms with Crippen molar-refractivity contribution in [1.29, 1.82) is 0 Å². The number of likely N-dealkylation sites (N-methyl/N-ethyl adjacent to an activating group) is 1. The van der Waals surface area contributed by atoms with E-state index in [1.54, 1.807) is 7.05 Å². The summed E-state index contributed by atoms with van der Waals surface area (Å²) >= 11 is 0. The summed E-state index contributed by atoms with van der Waals surface area (Å²) in [5.74, 6) is -0.152. The van der Waals surface area contributed by atoms with Gasteiger partial charge in [0.05, 0.1) is 13.7 Å². The second-order valence-electron chi connectivity index (χ2n) is 6.18. The molecule has 2 atom stereocenters. The van der Waals surface area contributed by atoms with Crippen molar-refractivity contribution in [2.24, 2.45) is 0 Å². The number of hydrogen-bond acceptors (Lipinski definition) is 4. The number of ether oxygens (including phenoxy) is 1. The van der Waals surface area contributed by atoms with E-state index in [2.05, 4.69) is 33.9 Å². The molecule has 0 radical (unpaired) electrons. The summed E-state index contributed by atoms with van der Waals surface area (Å²) in [6, 6.07) is 0. The number of hydrogen-bond donors (Lipinski definition) is 0. The normalized spacial score (nSPS) is 23.9. The van der Waals surface area contributed by atoms with Crippen molar-refractivity contribution >= 4 is 14.2 Å². The molecule has 1 aliphatic rings. The SMILES string of the molecule is CON(C)C(=O)[C@@H]1O[C@@H]1CO[Si](C)(C)C(C)(C)C. The van der Waals surface area contributed by atoms with Crippen molar-refractivity contribution in [3.63, 3.8) is 0 Å². The van der Waals surface area contributed by atoms with Crippen LogP contribution in [0.3, 0.4) is 0 Å². The first-order valence-electron chi connectivity index (χ1n) is 6.21. The number of rotatable bonds is 5. The molecule has 0 saturated carbocycles. The lowest BCUT2D eigenvalue weighted by molar-refractivity contribution is -0.170. The molecule has 1 amide bonds. The van der Waals surface area contributed by atoms with Crippen LogP contribution in [0.2, 0.25) is 18.1 Å². The molecule has 18 heavy (non-hydrogen) atoms. The Morgan fingerprint density at radius 3 is 2.39 bits per heavy atom. The smallest absolute Gasteiger partial charge is 0.277 e. The van der Waals surface area contributed by atoms with Crippen molar-refractivity contribution in [3.05, 3.63) is 0 Å². The average Bonchev–Trinajstić information content (AvgIpc) is 3.02. The lowest BCUT2D eigenvalue weighted by Gasteiger charge is -2.35. The zero-order chi connectivity index (χ0) is 14.1. The van der Waals surface area contributed by atoms with Crippen LogP contribution in [0.1, 0.15) is 20.8 Å². The standard InChI is InChI=1S/C12H25NO4Si/c1-12(2,3)18(6,7)16-8-9-10(17-9)11(14)13(4)15-5/h9-10H,8H2,1-7H3/t9-,10-/m1/s1. The summed E-state index contributed by atoms with van der Waals surface area (Å²) in [6.45, 7) is 11.4. The zero-order valence-corrected chi connectivity index (χ0v) is 13.4. The minimum absolute atomic E-state index is 0.121. The third-order valence-electron chi connectivity index (χ3n) is 3.82. The molecule has 5 nitrogen and oxygen atoms in total. The van der Waals surface area contributed by atoms with E-state index in [0.29, 0.717) is 6.61 Å². The third-order valence-corrected chi connectivity index (χ3v) is 8.33. The van der Waals surface area contributed by atoms with Crippen LogP contribution in [-0.4, -0.2) is 52.3 Å². The number of carbonyl (C=O) groups is 1. The number of hydroxylamine groups is 2. The highest BCUT2D eigenvalue weighted by atomic mass is 28.4. The first kappa shape index (κ1) is 15.6. The summed E-state index contributed by atoms with van der Waals surface area (Å²) < 4.78 is 11.3. The fraction of sp³-hybridized carbons (Fsp3) is 0.917. The molecule has 1 rings (SSSR count). The Labute approximate surface area is 110 Å². The topological polar surface area (TPSA) is 51.3 Å². The molecule has 0 N–H and O–H groups in total. The highest BCUT2D eigenvalue weighted by Gasteiger charge is 2.48. The highest BCUT2D eigenvalue weighted by Crippen LogP contribution is 2.37. The van der Waals surface area contributed by atoms with Crippen LogP contribution in [0, 0.1) is 0 Å². The molecule has 1 heterocycles. The quantitative estimate of drug-likeness (QED) is 0.436. The molecule has 0 spiro atoms. The van der Waals surface area contributed by atoms with Gasteiger partial charge in [0.25, 0.3) is 5.91 Å². The van der Waals surface area contributed by atoms with E-state index in [-0.39, 0.29) is 17.0 Å². The number of epoxide rings is 1. The lowest BCUT2D eigenvalue weighted by atomic mass is 10.2. The molecule has 6 heteroatoms. The molecule has 106 valence electrons. The van der Waals surface area contributed by atoms with Gasteiger partial charge in [-0.15, -0.1) is 0 Å². The summed E-state index contributed by atoms with van der Waals surface area (Å²) in [5.41, 5.74) is 0. The van der Waals surface area contributed by atoms with Gasteiger partial charge < -0.3 is 9.16 Å². The Balaban J connectivity index is 2.39. The van der Waals surface area contributed by atoms with Gasteiger partial charge in [0.15, 0.2) is 14.4 Å². The Kier molecular flexibility index (Phi) is 4.59. The van der Waals surface area contributed by atoms with Crippen LogP contribution < -0.4 is 0 Å². The molecule has 0 aromatic carbocycles. The lowest BCUT2D eigenvalue weighted by Crippen LogP contribution is -2.42. The molecule has 0 aromatic rings. The van der Waals surface area contributed by atoms with E-state index in [4.69, 9.17) is 14.0 Å². The van der Waals surface area contributed by atoms with Crippen LogP contribution in [0.4, 0.5) is 0 Å². The maximum atomic E-state index is 11.7. The predicted molar refractivity (Wildman–Crippen MR) is 71.6 cm³/mol. The first-order valence-corrected chi connectivity index (χ1v) is 9.12. The minimum atomic E-state index is -1.76. The zero-order valence-electron chi connectivity index (χ0n) is 12.4. The van der Waals surface area contributed by atoms with Crippen LogP contribution in [-0.2, 0) is 18.8 Å². The Hall–Kier alpha value is -0.433. The second kappa shape index (κ2) is 5.28. The van der Waals surface area contributed by atoms with E-state index in [0.717, 1.165) is 0 Å². The summed E-state index contributed by atoms with van der Waals surface area (Å²) in [7, 11) is 1.28. The maximum absolute atomic E-state index is 11.7. The predicted octanol–water partition coefficient (Wildman–Crippen LogP) is 1.80. The Morgan fingerprint density at radius 1 is 1.39 bits per heavy atom. The van der Waals surface area contributed by atoms with Gasteiger partial charge in [-0.3, -0.25) is 9.63 Å². The molecular weight excluding hydrogens is 250 g/mol. The van der Waals surface area contributed by atoms with Gasteiger partial charge in [0, 0.05) is 7.05 Å². The molecule has 0 bridgehead atoms. The number of nitrogens with zero attached hydrogens (tertiary/aromatic N) is 1. The van der Waals surface area contributed by atoms with Crippen LogP contribution in [0.5, 0.6) is 0 Å². The number of carbonyl (C=O) groups excluding carboxylic acids is 1. The minimum Gasteiger partial charge on any atom is -0.414 e. The van der Waals surface area contributed by atoms with E-state index in [1.807, 2.05) is 0 Å². The van der Waals surface area contributed by atoms with Gasteiger partial charge in [-0.05, 0) is 18.1 Å². The van der Waals surface area contributed by atoms with Crippen LogP contribution >= 0.6 is 0 Å². The molecular formula is C12H25NO4Si. The van der Waals surface area contributed by atoms with Crippen LogP contribution in [0.15, 0.2) is 0 Å². The first-order chi connectivity index (χ1) is 8.10. The maximum Gasteiger partial charge on any atom is 0.277 e. The van der Waals surface area contributed by atoms with Gasteiger partial charge in [-0.2, -0.15) is 0 Å². The molecule has 1 aliphatic heterocycles. The molecule has 1 saturated heterocycles. The fourth-order valence-corrected chi connectivity index (χ4v) is 2.28. The van der Waals surface area contributed by atoms with Gasteiger partial charge in [0.2, 0.25) is 0 Å². The van der Waals surface area contributed by atoms with E-state index >= 15 is 0 Å². The van der Waals surface area contributed by atoms with Crippen molar-refractivity contribution in [1.82, 2.24) is 5.06 Å². The summed E-state index contributed by atoms with van der Waals surface area (Å²) in [4.78, 5) is 16.5. The van der Waals surface area contributed by atoms with E-state index in [9.17, 15) is 4.79 Å². The number of amides is 1. The van der Waals surface area contributed by atoms with Crippen molar-refractivity contribution in [3.8, 4) is 0 Å². The van der Waals surface area contributed by atoms with Gasteiger partial charge >= 0.3 is 0 Å². The van der Waals surface area contributed by atoms with Gasteiger partial charge in [-0.25, -0.2) is 5.06 Å². The Bertz CT molecular complexity index is 314. The van der Waals surface area contributed by atoms with Crippen LogP contribution in [0.25, 0.3) is 0 Å². The highest BCUT2D eigenvalue weighted by molar-refractivity contribution is 6.74. The van der Waals surface area contributed by atoms with Crippen molar-refractivity contribution in [2.75, 3.05) is 20.8 Å². The summed E-state index contributed by atoms with van der Waals surface area (Å²) in [6.07, 6.45) is -0.524. The molecule has 0 unspecified atom stereocenters. The van der Waals surface area contributed by atoms with Gasteiger partial charge in [0.1, 0.15) is 6.10 Å². The average molecular weight is 275 g/mol. The molecule has 0 aromatic heterocycles. The van der Waals surface area contributed by atoms with Crippen molar-refractivity contribution < 1.29 is 18.8 Å². The van der Waals surface area contributed by atoms with E-state index in [1.165, 1.54) is 12.2 Å². The fourth-order valence-electron chi connectivity index (χ4n) is 1.26. The molecule has 1 fully saturated rings. The Morgan fingerprint density at radius 2 is 1.94 bits per heavy atom. The monoisotopic (exact) mass is 275 g/mol. The second-order valence-corrected chi connectivity index (χ2v) is 11.0. The third kappa shape index (κ3) is 3.54. The van der Waals surface area contributed by atoms with Crippen molar-refractivity contribution in [2.45, 2.75) is 51.1 Å². The largest absolute Gasteiger partial charge is 0.414 e. The van der Waals surface area contributed by atoms with Gasteiger partial charge in [-0.1, -0.05) is 20.8 Å². The molecule has 0 aliphatic carbocycles. The summed E-state index contributed by atoms with van der Waals surface area (Å²) in [5, 5.41) is 1.36.